The van der Waals surface area contributed by atoms with Gasteiger partial charge in [0.2, 0.25) is 0 Å². The summed E-state index contributed by atoms with van der Waals surface area (Å²) in [5.74, 6) is 0.806. The summed E-state index contributed by atoms with van der Waals surface area (Å²) in [5, 5.41) is 7.43. The van der Waals surface area contributed by atoms with E-state index in [0.29, 0.717) is 0 Å². The molecular formula is C9H10N2O. The van der Waals surface area contributed by atoms with Crippen molar-refractivity contribution in [2.75, 3.05) is 7.05 Å². The Labute approximate surface area is 71.1 Å². The van der Waals surface area contributed by atoms with E-state index in [9.17, 15) is 0 Å². The third-order valence-electron chi connectivity index (χ3n) is 1.93. The number of amidine groups is 1. The number of nitrogens with one attached hydrogen (secondary N) is 1. The van der Waals surface area contributed by atoms with Crippen LogP contribution in [0.2, 0.25) is 0 Å². The van der Waals surface area contributed by atoms with Crippen molar-refractivity contribution in [3.8, 4) is 5.75 Å². The predicted molar refractivity (Wildman–Crippen MR) is 46.3 cm³/mol. The van der Waals surface area contributed by atoms with Crippen LogP contribution in [0.1, 0.15) is 5.56 Å². The minimum absolute atomic E-state index is 0.216. The van der Waals surface area contributed by atoms with Crippen molar-refractivity contribution >= 4 is 6.02 Å². The van der Waals surface area contributed by atoms with Crippen LogP contribution in [0, 0.1) is 5.41 Å². The van der Waals surface area contributed by atoms with E-state index >= 15 is 0 Å². The zero-order chi connectivity index (χ0) is 8.55. The lowest BCUT2D eigenvalue weighted by molar-refractivity contribution is 0.341. The summed E-state index contributed by atoms with van der Waals surface area (Å²) >= 11 is 0. The molecule has 1 heterocycles. The van der Waals surface area contributed by atoms with Gasteiger partial charge in [-0.25, -0.2) is 0 Å². The Morgan fingerprint density at radius 2 is 2.17 bits per heavy atom. The first kappa shape index (κ1) is 7.16. The Balaban J connectivity index is 2.40. The van der Waals surface area contributed by atoms with Gasteiger partial charge in [0.05, 0.1) is 6.54 Å². The molecule has 0 aromatic heterocycles. The maximum Gasteiger partial charge on any atom is 0.290 e. The largest absolute Gasteiger partial charge is 0.426 e. The van der Waals surface area contributed by atoms with Gasteiger partial charge in [0.25, 0.3) is 6.02 Å². The third-order valence-corrected chi connectivity index (χ3v) is 1.93. The summed E-state index contributed by atoms with van der Waals surface area (Å²) in [6, 6.07) is 8.01. The molecule has 1 aromatic rings. The van der Waals surface area contributed by atoms with Crippen LogP contribution in [-0.2, 0) is 6.54 Å². The minimum atomic E-state index is 0.216. The fraction of sp³-hybridized carbons (Fsp3) is 0.222. The van der Waals surface area contributed by atoms with Crippen molar-refractivity contribution in [3.63, 3.8) is 0 Å². The molecule has 0 aliphatic carbocycles. The molecule has 3 nitrogen and oxygen atoms in total. The molecule has 0 radical (unpaired) electrons. The van der Waals surface area contributed by atoms with Crippen molar-refractivity contribution in [1.29, 1.82) is 5.41 Å². The Kier molecular flexibility index (Phi) is 1.50. The van der Waals surface area contributed by atoms with Gasteiger partial charge < -0.3 is 9.64 Å². The second kappa shape index (κ2) is 2.52. The van der Waals surface area contributed by atoms with Crippen molar-refractivity contribution < 1.29 is 4.74 Å². The smallest absolute Gasteiger partial charge is 0.290 e. The number of fused-ring (bicyclic) bond motifs is 1. The average Bonchev–Trinajstić information content (AvgIpc) is 2.07. The third kappa shape index (κ3) is 1.03. The number of benzene rings is 1. The van der Waals surface area contributed by atoms with Crippen LogP contribution in [0.5, 0.6) is 5.75 Å². The minimum Gasteiger partial charge on any atom is -0.426 e. The molecule has 0 fully saturated rings. The SMILES string of the molecule is CN1Cc2ccccc2OC1=N. The summed E-state index contributed by atoms with van der Waals surface area (Å²) in [4.78, 5) is 1.77. The zero-order valence-electron chi connectivity index (χ0n) is 6.87. The molecule has 0 amide bonds. The van der Waals surface area contributed by atoms with E-state index in [1.165, 1.54) is 0 Å². The van der Waals surface area contributed by atoms with Crippen LogP contribution in [0.15, 0.2) is 24.3 Å². The molecule has 0 unspecified atom stereocenters. The van der Waals surface area contributed by atoms with Gasteiger partial charge in [-0.1, -0.05) is 18.2 Å². The lowest BCUT2D eigenvalue weighted by Crippen LogP contribution is -2.34. The van der Waals surface area contributed by atoms with Gasteiger partial charge in [-0.05, 0) is 6.07 Å². The fourth-order valence-corrected chi connectivity index (χ4v) is 1.24. The van der Waals surface area contributed by atoms with E-state index in [1.807, 2.05) is 31.3 Å². The molecule has 3 heteroatoms. The first-order valence-electron chi connectivity index (χ1n) is 3.83. The van der Waals surface area contributed by atoms with Crippen molar-refractivity contribution in [2.45, 2.75) is 6.54 Å². The lowest BCUT2D eigenvalue weighted by Gasteiger charge is -2.26. The Hall–Kier alpha value is -1.51. The number of hydrogen-bond donors (Lipinski definition) is 1. The lowest BCUT2D eigenvalue weighted by atomic mass is 10.2. The molecule has 2 rings (SSSR count). The summed E-state index contributed by atoms with van der Waals surface area (Å²) in [6.07, 6.45) is 0. The van der Waals surface area contributed by atoms with Crippen LogP contribution in [0.4, 0.5) is 0 Å². The van der Waals surface area contributed by atoms with Crippen LogP contribution < -0.4 is 4.74 Å². The fourth-order valence-electron chi connectivity index (χ4n) is 1.24. The quantitative estimate of drug-likeness (QED) is 0.626. The monoisotopic (exact) mass is 162 g/mol. The van der Waals surface area contributed by atoms with Crippen molar-refractivity contribution in [2.24, 2.45) is 0 Å². The molecule has 1 aliphatic heterocycles. The van der Waals surface area contributed by atoms with Gasteiger partial charge in [0, 0.05) is 12.6 Å². The number of nitrogens with zero attached hydrogens (tertiary/aromatic N) is 1. The normalized spacial score (nSPS) is 15.4. The highest BCUT2D eigenvalue weighted by Gasteiger charge is 2.17. The summed E-state index contributed by atoms with van der Waals surface area (Å²) in [5.41, 5.74) is 1.14. The van der Waals surface area contributed by atoms with Crippen LogP contribution in [0.25, 0.3) is 0 Å². The maximum atomic E-state index is 7.43. The highest BCUT2D eigenvalue weighted by Crippen LogP contribution is 2.23. The standard InChI is InChI=1S/C9H10N2O/c1-11-6-7-4-2-3-5-8(7)12-9(11)10/h2-5,10H,6H2,1H3. The molecule has 0 spiro atoms. The van der Waals surface area contributed by atoms with Crippen molar-refractivity contribution in [3.05, 3.63) is 29.8 Å². The highest BCUT2D eigenvalue weighted by molar-refractivity contribution is 5.75. The molecule has 62 valence electrons. The Morgan fingerprint density at radius 1 is 1.42 bits per heavy atom. The summed E-state index contributed by atoms with van der Waals surface area (Å²) in [7, 11) is 1.85. The Bertz CT molecular complexity index is 322. The van der Waals surface area contributed by atoms with Gasteiger partial charge in [0.15, 0.2) is 0 Å². The summed E-state index contributed by atoms with van der Waals surface area (Å²) in [6.45, 7) is 0.759. The van der Waals surface area contributed by atoms with Gasteiger partial charge in [-0.3, -0.25) is 5.41 Å². The highest BCUT2D eigenvalue weighted by atomic mass is 16.5. The maximum absolute atomic E-state index is 7.43. The van der Waals surface area contributed by atoms with E-state index in [4.69, 9.17) is 10.1 Å². The molecule has 0 saturated carbocycles. The molecule has 12 heavy (non-hydrogen) atoms. The molecule has 0 saturated heterocycles. The summed E-state index contributed by atoms with van der Waals surface area (Å²) < 4.78 is 5.25. The molecular weight excluding hydrogens is 152 g/mol. The van der Waals surface area contributed by atoms with Gasteiger partial charge in [-0.2, -0.15) is 0 Å². The first-order chi connectivity index (χ1) is 5.77. The molecule has 1 aliphatic rings. The molecule has 1 aromatic carbocycles. The van der Waals surface area contributed by atoms with Crippen LogP contribution >= 0.6 is 0 Å². The number of hydrogen-bond acceptors (Lipinski definition) is 2. The van der Waals surface area contributed by atoms with Gasteiger partial charge in [-0.15, -0.1) is 0 Å². The molecule has 1 N–H and O–H groups in total. The second-order valence-electron chi connectivity index (χ2n) is 2.87. The van der Waals surface area contributed by atoms with Gasteiger partial charge in [0.1, 0.15) is 5.75 Å². The van der Waals surface area contributed by atoms with Crippen LogP contribution in [-0.4, -0.2) is 18.0 Å². The van der Waals surface area contributed by atoms with E-state index in [0.717, 1.165) is 17.9 Å². The van der Waals surface area contributed by atoms with E-state index < -0.39 is 0 Å². The van der Waals surface area contributed by atoms with Crippen molar-refractivity contribution in [1.82, 2.24) is 4.90 Å². The second-order valence-corrected chi connectivity index (χ2v) is 2.87. The average molecular weight is 162 g/mol. The van der Waals surface area contributed by atoms with Gasteiger partial charge >= 0.3 is 0 Å². The topological polar surface area (TPSA) is 36.3 Å². The number of para-hydroxylation sites is 1. The molecule has 0 atom stereocenters. The number of rotatable bonds is 0. The predicted octanol–water partition coefficient (Wildman–Crippen LogP) is 1.45. The zero-order valence-corrected chi connectivity index (χ0v) is 6.87. The first-order valence-corrected chi connectivity index (χ1v) is 3.83. The number of ether oxygens (including phenoxy) is 1. The Morgan fingerprint density at radius 3 is 3.00 bits per heavy atom. The van der Waals surface area contributed by atoms with E-state index in [2.05, 4.69) is 0 Å². The molecule has 0 bridgehead atoms. The van der Waals surface area contributed by atoms with E-state index in [-0.39, 0.29) is 6.02 Å². The van der Waals surface area contributed by atoms with E-state index in [1.54, 1.807) is 4.90 Å². The van der Waals surface area contributed by atoms with Crippen LogP contribution in [0.3, 0.4) is 0 Å².